The van der Waals surface area contributed by atoms with Gasteiger partial charge < -0.3 is 5.32 Å². The van der Waals surface area contributed by atoms with E-state index in [9.17, 15) is 14.4 Å². The fourth-order valence-corrected chi connectivity index (χ4v) is 3.38. The number of carbonyl (C=O) groups is 1. The number of fused-ring (bicyclic) bond motifs is 1. The van der Waals surface area contributed by atoms with Gasteiger partial charge in [0.1, 0.15) is 4.83 Å². The summed E-state index contributed by atoms with van der Waals surface area (Å²) >= 11 is 7.14. The highest BCUT2D eigenvalue weighted by Gasteiger charge is 2.15. The third-order valence-corrected chi connectivity index (χ3v) is 4.99. The Hall–Kier alpha value is -2.38. The molecule has 0 aliphatic heterocycles. The Balaban J connectivity index is 1.89. The number of nitrogens with one attached hydrogen (secondary N) is 2. The van der Waals surface area contributed by atoms with Crippen LogP contribution >= 0.6 is 22.9 Å². The van der Waals surface area contributed by atoms with Gasteiger partial charge in [-0.1, -0.05) is 29.8 Å². The highest BCUT2D eigenvalue weighted by Crippen LogP contribution is 2.21. The summed E-state index contributed by atoms with van der Waals surface area (Å²) < 4.78 is 1.31. The molecular formula is C15H12ClN3O3S. The zero-order valence-electron chi connectivity index (χ0n) is 12.1. The monoisotopic (exact) mass is 349 g/mol. The minimum atomic E-state index is -0.507. The number of nitrogens with zero attached hydrogens (tertiary/aromatic N) is 1. The summed E-state index contributed by atoms with van der Waals surface area (Å²) in [5, 5.41) is 3.65. The Kier molecular flexibility index (Phi) is 4.06. The molecule has 2 N–H and O–H groups in total. The lowest BCUT2D eigenvalue weighted by molar-refractivity contribution is 0.0955. The number of thiophene rings is 1. The zero-order chi connectivity index (χ0) is 16.6. The quantitative estimate of drug-likeness (QED) is 0.757. The van der Waals surface area contributed by atoms with E-state index in [1.54, 1.807) is 13.1 Å². The molecule has 0 bridgehead atoms. The largest absolute Gasteiger partial charge is 0.347 e. The van der Waals surface area contributed by atoms with Gasteiger partial charge in [0.25, 0.3) is 11.5 Å². The van der Waals surface area contributed by atoms with Crippen LogP contribution in [0.5, 0.6) is 0 Å². The number of H-pyrrole nitrogens is 1. The van der Waals surface area contributed by atoms with Crippen molar-refractivity contribution < 1.29 is 4.79 Å². The molecule has 1 aromatic carbocycles. The van der Waals surface area contributed by atoms with Crippen molar-refractivity contribution in [2.45, 2.75) is 6.54 Å². The predicted molar refractivity (Wildman–Crippen MR) is 90.3 cm³/mol. The van der Waals surface area contributed by atoms with Crippen LogP contribution in [0, 0.1) is 0 Å². The second-order valence-electron chi connectivity index (χ2n) is 4.92. The first-order chi connectivity index (χ1) is 11.0. The maximum absolute atomic E-state index is 12.3. The van der Waals surface area contributed by atoms with Crippen LogP contribution in [0.25, 0.3) is 10.2 Å². The van der Waals surface area contributed by atoms with Gasteiger partial charge in [0.05, 0.1) is 10.3 Å². The summed E-state index contributed by atoms with van der Waals surface area (Å²) in [6.07, 6.45) is 0. The Labute approximate surface area is 139 Å². The molecule has 3 rings (SSSR count). The topological polar surface area (TPSA) is 84.0 Å². The average molecular weight is 350 g/mol. The summed E-state index contributed by atoms with van der Waals surface area (Å²) in [4.78, 5) is 38.7. The van der Waals surface area contributed by atoms with Gasteiger partial charge in [0.15, 0.2) is 0 Å². The Bertz CT molecular complexity index is 1020. The second-order valence-corrected chi connectivity index (χ2v) is 6.36. The van der Waals surface area contributed by atoms with E-state index in [-0.39, 0.29) is 12.5 Å². The van der Waals surface area contributed by atoms with Gasteiger partial charge in [-0.25, -0.2) is 4.79 Å². The van der Waals surface area contributed by atoms with Crippen molar-refractivity contribution in [3.63, 3.8) is 0 Å². The van der Waals surface area contributed by atoms with Crippen LogP contribution in [0.15, 0.2) is 39.9 Å². The maximum Gasteiger partial charge on any atom is 0.329 e. The smallest absolute Gasteiger partial charge is 0.329 e. The summed E-state index contributed by atoms with van der Waals surface area (Å²) in [5.41, 5.74) is -0.203. The zero-order valence-corrected chi connectivity index (χ0v) is 13.6. The number of carbonyl (C=O) groups excluding carboxylic acids is 1. The van der Waals surface area contributed by atoms with Crippen molar-refractivity contribution in [1.82, 2.24) is 14.9 Å². The molecule has 8 heteroatoms. The van der Waals surface area contributed by atoms with Crippen molar-refractivity contribution >= 4 is 39.1 Å². The van der Waals surface area contributed by atoms with E-state index in [1.165, 1.54) is 10.6 Å². The summed E-state index contributed by atoms with van der Waals surface area (Å²) in [6.45, 7) is 0.280. The van der Waals surface area contributed by atoms with Gasteiger partial charge in [-0.15, -0.1) is 11.3 Å². The molecular weight excluding hydrogens is 338 g/mol. The third kappa shape index (κ3) is 2.93. The van der Waals surface area contributed by atoms with Crippen molar-refractivity contribution in [3.05, 3.63) is 66.6 Å². The number of benzene rings is 1. The number of halogens is 1. The fraction of sp³-hybridized carbons (Fsp3) is 0.133. The predicted octanol–water partition coefficient (Wildman–Crippen LogP) is 1.87. The number of aryl methyl sites for hydroxylation is 1. The molecule has 0 atom stereocenters. The lowest BCUT2D eigenvalue weighted by atomic mass is 10.2. The van der Waals surface area contributed by atoms with E-state index in [4.69, 9.17) is 11.6 Å². The molecule has 2 aromatic heterocycles. The molecule has 3 aromatic rings. The van der Waals surface area contributed by atoms with Gasteiger partial charge in [0.2, 0.25) is 0 Å². The maximum atomic E-state index is 12.3. The van der Waals surface area contributed by atoms with Gasteiger partial charge in [-0.3, -0.25) is 19.1 Å². The van der Waals surface area contributed by atoms with E-state index in [0.29, 0.717) is 20.1 Å². The minimum Gasteiger partial charge on any atom is -0.347 e. The van der Waals surface area contributed by atoms with E-state index < -0.39 is 11.2 Å². The molecule has 0 saturated carbocycles. The van der Waals surface area contributed by atoms with Gasteiger partial charge in [0, 0.05) is 18.6 Å². The molecule has 2 heterocycles. The Morgan fingerprint density at radius 1 is 1.35 bits per heavy atom. The van der Waals surface area contributed by atoms with Crippen molar-refractivity contribution in [1.29, 1.82) is 0 Å². The summed E-state index contributed by atoms with van der Waals surface area (Å²) in [5.74, 6) is -0.321. The minimum absolute atomic E-state index is 0.280. The highest BCUT2D eigenvalue weighted by molar-refractivity contribution is 7.20. The number of aromatic nitrogens is 2. The van der Waals surface area contributed by atoms with E-state index in [0.717, 1.165) is 16.9 Å². The number of amides is 1. The molecule has 0 unspecified atom stereocenters. The number of hydrogen-bond acceptors (Lipinski definition) is 4. The van der Waals surface area contributed by atoms with E-state index >= 15 is 0 Å². The molecule has 0 aliphatic carbocycles. The number of rotatable bonds is 3. The average Bonchev–Trinajstić information content (AvgIpc) is 2.98. The van der Waals surface area contributed by atoms with Crippen LogP contribution in [-0.4, -0.2) is 15.5 Å². The highest BCUT2D eigenvalue weighted by atomic mass is 35.5. The first-order valence-electron chi connectivity index (χ1n) is 6.72. The first kappa shape index (κ1) is 15.5. The summed E-state index contributed by atoms with van der Waals surface area (Å²) in [7, 11) is 1.54. The lowest BCUT2D eigenvalue weighted by Crippen LogP contribution is -2.27. The Morgan fingerprint density at radius 3 is 2.83 bits per heavy atom. The van der Waals surface area contributed by atoms with Crippen molar-refractivity contribution in [2.75, 3.05) is 0 Å². The second kappa shape index (κ2) is 6.02. The van der Waals surface area contributed by atoms with Crippen molar-refractivity contribution in [2.24, 2.45) is 7.05 Å². The van der Waals surface area contributed by atoms with Gasteiger partial charge in [-0.05, 0) is 17.7 Å². The van der Waals surface area contributed by atoms with Gasteiger partial charge >= 0.3 is 5.69 Å². The molecule has 0 fully saturated rings. The molecule has 118 valence electrons. The van der Waals surface area contributed by atoms with Crippen LogP contribution in [-0.2, 0) is 13.6 Å². The molecule has 0 aliphatic rings. The molecule has 6 nitrogen and oxygen atoms in total. The van der Waals surface area contributed by atoms with Crippen LogP contribution < -0.4 is 16.6 Å². The Morgan fingerprint density at radius 2 is 2.09 bits per heavy atom. The van der Waals surface area contributed by atoms with Crippen molar-refractivity contribution in [3.8, 4) is 0 Å². The van der Waals surface area contributed by atoms with Gasteiger partial charge in [-0.2, -0.15) is 0 Å². The lowest BCUT2D eigenvalue weighted by Gasteiger charge is -2.05. The number of aromatic amines is 1. The number of hydrogen-bond donors (Lipinski definition) is 2. The van der Waals surface area contributed by atoms with E-state index in [1.807, 2.05) is 18.2 Å². The molecule has 23 heavy (non-hydrogen) atoms. The van der Waals surface area contributed by atoms with Crippen LogP contribution in [0.2, 0.25) is 5.02 Å². The standard InChI is InChI=1S/C15H12ClN3O3S/c1-19-14-9(12(20)18-15(19)22)6-11(23-14)13(21)17-7-8-4-2-3-5-10(8)16/h2-6H,7H2,1H3,(H,17,21)(H,18,20,22). The van der Waals surface area contributed by atoms with E-state index in [2.05, 4.69) is 10.3 Å². The van der Waals surface area contributed by atoms with Crippen LogP contribution in [0.4, 0.5) is 0 Å². The molecule has 0 saturated heterocycles. The summed E-state index contributed by atoms with van der Waals surface area (Å²) in [6, 6.07) is 8.70. The third-order valence-electron chi connectivity index (χ3n) is 3.41. The molecule has 0 radical (unpaired) electrons. The normalized spacial score (nSPS) is 10.9. The first-order valence-corrected chi connectivity index (χ1v) is 7.91. The fourth-order valence-electron chi connectivity index (χ4n) is 2.15. The molecule has 1 amide bonds. The SMILES string of the molecule is Cn1c(=O)[nH]c(=O)c2cc(C(=O)NCc3ccccc3Cl)sc21. The van der Waals surface area contributed by atoms with Crippen LogP contribution in [0.3, 0.4) is 0 Å². The van der Waals surface area contributed by atoms with Crippen LogP contribution in [0.1, 0.15) is 15.2 Å². The molecule has 0 spiro atoms.